The lowest BCUT2D eigenvalue weighted by molar-refractivity contribution is -0.118. The van der Waals surface area contributed by atoms with Crippen LogP contribution in [0.5, 0.6) is 0 Å². The predicted octanol–water partition coefficient (Wildman–Crippen LogP) is 1.33. The quantitative estimate of drug-likeness (QED) is 0.757. The van der Waals surface area contributed by atoms with E-state index in [0.717, 1.165) is 18.7 Å². The molecule has 2 N–H and O–H groups in total. The molecule has 0 saturated carbocycles. The zero-order valence-electron chi connectivity index (χ0n) is 11.6. The van der Waals surface area contributed by atoms with Crippen LogP contribution in [-0.4, -0.2) is 27.1 Å². The molecule has 1 atom stereocenters. The molecule has 0 spiro atoms. The van der Waals surface area contributed by atoms with Gasteiger partial charge < -0.3 is 5.73 Å². The molecule has 5 nitrogen and oxygen atoms in total. The number of hydrogen-bond donors (Lipinski definition) is 1. The van der Waals surface area contributed by atoms with Crippen LogP contribution in [-0.2, 0) is 18.3 Å². The van der Waals surface area contributed by atoms with Gasteiger partial charge in [0, 0.05) is 13.5 Å². The Kier molecular flexibility index (Phi) is 5.98. The number of nitrogens with zero attached hydrogens (tertiary/aromatic N) is 3. The van der Waals surface area contributed by atoms with Crippen LogP contribution in [0.2, 0.25) is 0 Å². The van der Waals surface area contributed by atoms with Gasteiger partial charge in [0.05, 0.1) is 6.42 Å². The largest absolute Gasteiger partial charge is 0.330 e. The summed E-state index contributed by atoms with van der Waals surface area (Å²) < 4.78 is 1.65. The van der Waals surface area contributed by atoms with Gasteiger partial charge in [0.2, 0.25) is 0 Å². The number of aromatic nitrogens is 3. The average Bonchev–Trinajstić information content (AvgIpc) is 2.70. The Morgan fingerprint density at radius 2 is 2.17 bits per heavy atom. The molecule has 1 aromatic heterocycles. The first-order valence-electron chi connectivity index (χ1n) is 6.59. The third kappa shape index (κ3) is 4.56. The molecule has 0 radical (unpaired) electrons. The lowest BCUT2D eigenvalue weighted by Crippen LogP contribution is -2.17. The Balaban J connectivity index is 2.38. The molecule has 1 rings (SSSR count). The van der Waals surface area contributed by atoms with Crippen LogP contribution in [0.4, 0.5) is 0 Å². The Morgan fingerprint density at radius 3 is 2.67 bits per heavy atom. The minimum Gasteiger partial charge on any atom is -0.330 e. The molecule has 1 unspecified atom stereocenters. The first kappa shape index (κ1) is 14.8. The summed E-state index contributed by atoms with van der Waals surface area (Å²) in [5, 5.41) is 3.96. The van der Waals surface area contributed by atoms with E-state index in [1.54, 1.807) is 11.7 Å². The molecule has 0 aliphatic heterocycles. The molecule has 0 amide bonds. The number of ketones is 1. The number of nitrogens with two attached hydrogens (primary N) is 1. The highest BCUT2D eigenvalue weighted by Gasteiger charge is 2.15. The van der Waals surface area contributed by atoms with Gasteiger partial charge in [0.1, 0.15) is 17.9 Å². The summed E-state index contributed by atoms with van der Waals surface area (Å²) in [4.78, 5) is 15.9. The van der Waals surface area contributed by atoms with E-state index in [0.29, 0.717) is 31.2 Å². The van der Waals surface area contributed by atoms with Crippen LogP contribution in [0.25, 0.3) is 0 Å². The minimum absolute atomic E-state index is 0.230. The molecule has 0 fully saturated rings. The smallest absolute Gasteiger partial charge is 0.140 e. The van der Waals surface area contributed by atoms with E-state index in [-0.39, 0.29) is 5.78 Å². The molecule has 0 bridgehead atoms. The van der Waals surface area contributed by atoms with E-state index >= 15 is 0 Å². The van der Waals surface area contributed by atoms with Gasteiger partial charge >= 0.3 is 0 Å². The monoisotopic (exact) mass is 252 g/mol. The van der Waals surface area contributed by atoms with Crippen molar-refractivity contribution in [3.05, 3.63) is 12.2 Å². The van der Waals surface area contributed by atoms with Crippen molar-refractivity contribution in [1.29, 1.82) is 0 Å². The first-order chi connectivity index (χ1) is 8.54. The van der Waals surface area contributed by atoms with E-state index in [1.807, 2.05) is 0 Å². The lowest BCUT2D eigenvalue weighted by Gasteiger charge is -2.19. The second kappa shape index (κ2) is 7.26. The van der Waals surface area contributed by atoms with Crippen molar-refractivity contribution in [1.82, 2.24) is 14.8 Å². The van der Waals surface area contributed by atoms with E-state index in [4.69, 9.17) is 5.73 Å². The van der Waals surface area contributed by atoms with Crippen LogP contribution in [0, 0.1) is 11.8 Å². The third-order valence-electron chi connectivity index (χ3n) is 3.43. The summed E-state index contributed by atoms with van der Waals surface area (Å²) in [6, 6.07) is 0. The Hall–Kier alpha value is -1.23. The van der Waals surface area contributed by atoms with Crippen LogP contribution in [0.3, 0.4) is 0 Å². The first-order valence-corrected chi connectivity index (χ1v) is 6.59. The molecule has 0 aliphatic carbocycles. The van der Waals surface area contributed by atoms with E-state index in [2.05, 4.69) is 23.9 Å². The summed E-state index contributed by atoms with van der Waals surface area (Å²) in [6.45, 7) is 5.07. The fourth-order valence-electron chi connectivity index (χ4n) is 2.12. The third-order valence-corrected chi connectivity index (χ3v) is 3.43. The zero-order valence-corrected chi connectivity index (χ0v) is 11.6. The Bertz CT molecular complexity index is 373. The lowest BCUT2D eigenvalue weighted by atomic mass is 9.87. The van der Waals surface area contributed by atoms with Gasteiger partial charge in [0.25, 0.3) is 0 Å². The molecule has 0 saturated heterocycles. The maximum Gasteiger partial charge on any atom is 0.140 e. The van der Waals surface area contributed by atoms with Crippen LogP contribution in [0.1, 0.15) is 38.9 Å². The zero-order chi connectivity index (χ0) is 13.5. The molecule has 102 valence electrons. The van der Waals surface area contributed by atoms with Crippen molar-refractivity contribution < 1.29 is 4.79 Å². The van der Waals surface area contributed by atoms with Crippen molar-refractivity contribution in [2.75, 3.05) is 6.54 Å². The van der Waals surface area contributed by atoms with Gasteiger partial charge in [-0.25, -0.2) is 4.98 Å². The summed E-state index contributed by atoms with van der Waals surface area (Å²) in [5.74, 6) is 2.09. The summed E-state index contributed by atoms with van der Waals surface area (Å²) in [7, 11) is 1.81. The highest BCUT2D eigenvalue weighted by molar-refractivity contribution is 5.80. The molecule has 5 heteroatoms. The molecule has 0 aromatic carbocycles. The standard InChI is InChI=1S/C13H24N4O/c1-10(2)11(6-7-14)4-5-12(18)8-13-15-9-16-17(13)3/h9-11H,4-8,14H2,1-3H3. The van der Waals surface area contributed by atoms with Gasteiger partial charge in [-0.1, -0.05) is 13.8 Å². The normalized spacial score (nSPS) is 12.9. The highest BCUT2D eigenvalue weighted by Crippen LogP contribution is 2.20. The van der Waals surface area contributed by atoms with Gasteiger partial charge in [-0.15, -0.1) is 0 Å². The van der Waals surface area contributed by atoms with Crippen molar-refractivity contribution in [3.63, 3.8) is 0 Å². The maximum atomic E-state index is 11.9. The topological polar surface area (TPSA) is 73.8 Å². The molecular weight excluding hydrogens is 228 g/mol. The van der Waals surface area contributed by atoms with Crippen molar-refractivity contribution in [3.8, 4) is 0 Å². The van der Waals surface area contributed by atoms with E-state index < -0.39 is 0 Å². The predicted molar refractivity (Wildman–Crippen MR) is 70.9 cm³/mol. The second-order valence-corrected chi connectivity index (χ2v) is 5.14. The van der Waals surface area contributed by atoms with E-state index in [9.17, 15) is 4.79 Å². The fourth-order valence-corrected chi connectivity index (χ4v) is 2.12. The van der Waals surface area contributed by atoms with Crippen molar-refractivity contribution in [2.45, 2.75) is 39.5 Å². The summed E-state index contributed by atoms with van der Waals surface area (Å²) >= 11 is 0. The number of rotatable bonds is 8. The van der Waals surface area contributed by atoms with Crippen molar-refractivity contribution in [2.24, 2.45) is 24.6 Å². The number of carbonyl (C=O) groups excluding carboxylic acids is 1. The van der Waals surface area contributed by atoms with Crippen LogP contribution < -0.4 is 5.73 Å². The van der Waals surface area contributed by atoms with E-state index in [1.165, 1.54) is 6.33 Å². The number of carbonyl (C=O) groups is 1. The van der Waals surface area contributed by atoms with Gasteiger partial charge in [-0.2, -0.15) is 5.10 Å². The molecule has 0 aliphatic rings. The van der Waals surface area contributed by atoms with Crippen molar-refractivity contribution >= 4 is 5.78 Å². The molecular formula is C13H24N4O. The molecule has 1 heterocycles. The number of hydrogen-bond acceptors (Lipinski definition) is 4. The molecule has 18 heavy (non-hydrogen) atoms. The number of Topliss-reactive ketones (excluding diaryl/α,β-unsaturated/α-hetero) is 1. The fraction of sp³-hybridized carbons (Fsp3) is 0.769. The maximum absolute atomic E-state index is 11.9. The van der Waals surface area contributed by atoms with Gasteiger partial charge in [-0.3, -0.25) is 9.48 Å². The Labute approximate surface area is 109 Å². The average molecular weight is 252 g/mol. The summed E-state index contributed by atoms with van der Waals surface area (Å²) in [6.07, 6.45) is 4.38. The van der Waals surface area contributed by atoms with Crippen LogP contribution in [0.15, 0.2) is 6.33 Å². The van der Waals surface area contributed by atoms with Crippen LogP contribution >= 0.6 is 0 Å². The van der Waals surface area contributed by atoms with Gasteiger partial charge in [-0.05, 0) is 31.2 Å². The minimum atomic E-state index is 0.230. The number of aryl methyl sites for hydroxylation is 1. The highest BCUT2D eigenvalue weighted by atomic mass is 16.1. The van der Waals surface area contributed by atoms with Gasteiger partial charge in [0.15, 0.2) is 0 Å². The SMILES string of the molecule is CC(C)C(CCN)CCC(=O)Cc1ncnn1C. The molecule has 1 aromatic rings. The Morgan fingerprint density at radius 1 is 1.44 bits per heavy atom. The second-order valence-electron chi connectivity index (χ2n) is 5.14. The summed E-state index contributed by atoms with van der Waals surface area (Å²) in [5.41, 5.74) is 5.60.